The first-order valence-electron chi connectivity index (χ1n) is 5.86. The highest BCUT2D eigenvalue weighted by Gasteiger charge is 2.13. The predicted molar refractivity (Wildman–Crippen MR) is 65.1 cm³/mol. The van der Waals surface area contributed by atoms with Crippen LogP contribution in [0, 0.1) is 5.39 Å². The van der Waals surface area contributed by atoms with Gasteiger partial charge in [-0.25, -0.2) is 0 Å². The summed E-state index contributed by atoms with van der Waals surface area (Å²) in [6, 6.07) is 7.02. The Morgan fingerprint density at radius 1 is 1.35 bits per heavy atom. The molecule has 1 rings (SSSR count). The van der Waals surface area contributed by atoms with Crippen molar-refractivity contribution in [1.82, 2.24) is 0 Å². The van der Waals surface area contributed by atoms with E-state index in [0.717, 1.165) is 19.3 Å². The zero-order chi connectivity index (χ0) is 12.5. The second kappa shape index (κ2) is 7.39. The van der Waals surface area contributed by atoms with Gasteiger partial charge in [0.1, 0.15) is 6.61 Å². The normalized spacial score (nSPS) is 9.65. The van der Waals surface area contributed by atoms with Gasteiger partial charge in [0, 0.05) is 12.5 Å². The molecule has 0 aromatic heterocycles. The van der Waals surface area contributed by atoms with E-state index in [1.54, 1.807) is 18.2 Å². The Kier molecular flexibility index (Phi) is 5.73. The minimum absolute atomic E-state index is 0.158. The highest BCUT2D eigenvalue weighted by Crippen LogP contribution is 2.19. The highest BCUT2D eigenvalue weighted by molar-refractivity contribution is 5.69. The lowest BCUT2D eigenvalue weighted by Crippen LogP contribution is -2.04. The average molecular weight is 233 g/mol. The van der Waals surface area contributed by atoms with E-state index in [1.165, 1.54) is 0 Å². The van der Waals surface area contributed by atoms with Crippen molar-refractivity contribution in [3.05, 3.63) is 34.8 Å². The van der Waals surface area contributed by atoms with Crippen LogP contribution in [-0.4, -0.2) is 5.97 Å². The van der Waals surface area contributed by atoms with Crippen molar-refractivity contribution in [2.75, 3.05) is 0 Å². The lowest BCUT2D eigenvalue weighted by molar-refractivity contribution is -0.145. The monoisotopic (exact) mass is 233 g/mol. The van der Waals surface area contributed by atoms with Crippen LogP contribution >= 0.6 is 0 Å². The molecule has 0 saturated heterocycles. The van der Waals surface area contributed by atoms with E-state index in [4.69, 9.17) is 10.1 Å². The Balaban J connectivity index is 2.40. The van der Waals surface area contributed by atoms with Crippen molar-refractivity contribution in [2.24, 2.45) is 0 Å². The van der Waals surface area contributed by atoms with E-state index in [9.17, 15) is 4.79 Å². The largest absolute Gasteiger partial charge is 0.460 e. The Morgan fingerprint density at radius 3 is 2.82 bits per heavy atom. The van der Waals surface area contributed by atoms with Gasteiger partial charge in [-0.3, -0.25) is 4.79 Å². The second-order valence-corrected chi connectivity index (χ2v) is 3.85. The summed E-state index contributed by atoms with van der Waals surface area (Å²) in [6.07, 6.45) is 3.44. The third-order valence-electron chi connectivity index (χ3n) is 2.47. The number of rotatable bonds is 6. The molecule has 1 aromatic rings. The molecule has 0 unspecified atom stereocenters. The molecular formula is C13H17N2O2+. The third kappa shape index (κ3) is 4.64. The van der Waals surface area contributed by atoms with Crippen molar-refractivity contribution in [3.8, 4) is 0 Å². The minimum Gasteiger partial charge on any atom is -0.460 e. The van der Waals surface area contributed by atoms with Gasteiger partial charge in [0.2, 0.25) is 5.39 Å². The third-order valence-corrected chi connectivity index (χ3v) is 2.47. The molecular weight excluding hydrogens is 216 g/mol. The molecule has 1 aromatic carbocycles. The first-order chi connectivity index (χ1) is 8.27. The molecule has 0 saturated carbocycles. The van der Waals surface area contributed by atoms with E-state index in [-0.39, 0.29) is 12.6 Å². The Hall–Kier alpha value is -1.89. The fourth-order valence-electron chi connectivity index (χ4n) is 1.48. The molecule has 0 N–H and O–H groups in total. The van der Waals surface area contributed by atoms with Crippen LogP contribution in [0.3, 0.4) is 0 Å². The van der Waals surface area contributed by atoms with E-state index in [1.807, 2.05) is 6.07 Å². The quantitative estimate of drug-likeness (QED) is 0.426. The van der Waals surface area contributed by atoms with Gasteiger partial charge in [-0.2, -0.15) is 0 Å². The number of diazo groups is 1. The molecule has 0 aliphatic rings. The molecule has 4 heteroatoms. The molecule has 0 heterocycles. The molecule has 0 radical (unpaired) electrons. The summed E-state index contributed by atoms with van der Waals surface area (Å²) in [7, 11) is 0. The molecule has 0 fully saturated rings. The van der Waals surface area contributed by atoms with Crippen molar-refractivity contribution >= 4 is 11.7 Å². The van der Waals surface area contributed by atoms with Gasteiger partial charge in [-0.05, 0) is 12.5 Å². The van der Waals surface area contributed by atoms with Crippen LogP contribution in [0.2, 0.25) is 0 Å². The maximum Gasteiger partial charge on any atom is 0.391 e. The van der Waals surface area contributed by atoms with Gasteiger partial charge in [-0.15, -0.1) is 0 Å². The van der Waals surface area contributed by atoms with Crippen LogP contribution < -0.4 is 0 Å². The summed E-state index contributed by atoms with van der Waals surface area (Å²) < 4.78 is 5.11. The second-order valence-electron chi connectivity index (χ2n) is 3.85. The molecule has 4 nitrogen and oxygen atoms in total. The number of nitrogens with zero attached hydrogens (tertiary/aromatic N) is 2. The first-order valence-corrected chi connectivity index (χ1v) is 5.86. The van der Waals surface area contributed by atoms with Crippen LogP contribution in [0.4, 0.5) is 5.69 Å². The van der Waals surface area contributed by atoms with Gasteiger partial charge >= 0.3 is 11.7 Å². The zero-order valence-corrected chi connectivity index (χ0v) is 10.1. The Bertz CT molecular complexity index is 410. The SMILES string of the molecule is CCCCCC(=O)OCc1ccccc1[N+]#N. The topological polar surface area (TPSA) is 54.5 Å². The maximum atomic E-state index is 11.4. The lowest BCUT2D eigenvalue weighted by atomic mass is 10.2. The van der Waals surface area contributed by atoms with Crippen molar-refractivity contribution in [3.63, 3.8) is 0 Å². The summed E-state index contributed by atoms with van der Waals surface area (Å²) in [6.45, 7) is 2.25. The van der Waals surface area contributed by atoms with Crippen LogP contribution in [0.25, 0.3) is 4.98 Å². The molecule has 90 valence electrons. The number of hydrogen-bond acceptors (Lipinski definition) is 3. The number of carbonyl (C=O) groups excluding carboxylic acids is 1. The average Bonchev–Trinajstić information content (AvgIpc) is 2.37. The fourth-order valence-corrected chi connectivity index (χ4v) is 1.48. The number of esters is 1. The summed E-state index contributed by atoms with van der Waals surface area (Å²) >= 11 is 0. The van der Waals surface area contributed by atoms with Crippen molar-refractivity contribution in [1.29, 1.82) is 5.39 Å². The smallest absolute Gasteiger partial charge is 0.391 e. The first kappa shape index (κ1) is 13.2. The van der Waals surface area contributed by atoms with Crippen LogP contribution in [-0.2, 0) is 16.1 Å². The van der Waals surface area contributed by atoms with E-state index in [0.29, 0.717) is 17.7 Å². The molecule has 17 heavy (non-hydrogen) atoms. The maximum absolute atomic E-state index is 11.4. The predicted octanol–water partition coefficient (Wildman–Crippen LogP) is 3.79. The van der Waals surface area contributed by atoms with Crippen LogP contribution in [0.1, 0.15) is 38.2 Å². The van der Waals surface area contributed by atoms with Gasteiger partial charge in [0.05, 0.1) is 5.56 Å². The number of hydrogen-bond donors (Lipinski definition) is 0. The van der Waals surface area contributed by atoms with E-state index < -0.39 is 0 Å². The molecule has 0 spiro atoms. The van der Waals surface area contributed by atoms with Gasteiger partial charge in [0.15, 0.2) is 4.98 Å². The summed E-state index contributed by atoms with van der Waals surface area (Å²) in [5.74, 6) is -0.203. The van der Waals surface area contributed by atoms with Crippen molar-refractivity contribution < 1.29 is 9.53 Å². The lowest BCUT2D eigenvalue weighted by Gasteiger charge is -2.02. The molecule has 0 amide bonds. The molecule has 0 bridgehead atoms. The molecule has 0 aliphatic carbocycles. The van der Waals surface area contributed by atoms with Crippen LogP contribution in [0.5, 0.6) is 0 Å². The van der Waals surface area contributed by atoms with Crippen molar-refractivity contribution in [2.45, 2.75) is 39.2 Å². The van der Waals surface area contributed by atoms with Crippen LogP contribution in [0.15, 0.2) is 24.3 Å². The molecule has 0 aliphatic heterocycles. The molecule has 0 atom stereocenters. The summed E-state index contributed by atoms with van der Waals surface area (Å²) in [5, 5.41) is 8.74. The number of benzene rings is 1. The Labute approximate surface area is 101 Å². The van der Waals surface area contributed by atoms with Gasteiger partial charge < -0.3 is 4.74 Å². The van der Waals surface area contributed by atoms with E-state index in [2.05, 4.69) is 11.9 Å². The van der Waals surface area contributed by atoms with Gasteiger partial charge in [0.25, 0.3) is 0 Å². The highest BCUT2D eigenvalue weighted by atomic mass is 16.5. The number of unbranched alkanes of at least 4 members (excludes halogenated alkanes) is 2. The van der Waals surface area contributed by atoms with Gasteiger partial charge in [-0.1, -0.05) is 31.9 Å². The Morgan fingerprint density at radius 2 is 2.12 bits per heavy atom. The zero-order valence-electron chi connectivity index (χ0n) is 10.1. The fraction of sp³-hybridized carbons (Fsp3) is 0.462. The standard InChI is InChI=1S/C13H17N2O2/c1-2-3-4-9-13(16)17-10-11-7-5-6-8-12(11)15-14/h5-8H,2-4,9-10H2,1H3/q+1. The summed E-state index contributed by atoms with van der Waals surface area (Å²) in [5.41, 5.74) is 1.15. The number of ether oxygens (including phenoxy) is 1. The summed E-state index contributed by atoms with van der Waals surface area (Å²) in [4.78, 5) is 14.5. The van der Waals surface area contributed by atoms with E-state index >= 15 is 0 Å². The number of carbonyl (C=O) groups is 1. The minimum atomic E-state index is -0.203.